The van der Waals surface area contributed by atoms with Crippen LogP contribution in [0.2, 0.25) is 0 Å². The van der Waals surface area contributed by atoms with Crippen molar-refractivity contribution in [2.45, 2.75) is 85.7 Å². The Morgan fingerprint density at radius 1 is 1.21 bits per heavy atom. The van der Waals surface area contributed by atoms with Crippen molar-refractivity contribution in [2.75, 3.05) is 26.2 Å². The van der Waals surface area contributed by atoms with Gasteiger partial charge in [-0.3, -0.25) is 4.90 Å². The van der Waals surface area contributed by atoms with Gasteiger partial charge in [0.2, 0.25) is 0 Å². The molecule has 1 unspecified atom stereocenters. The van der Waals surface area contributed by atoms with E-state index in [0.717, 1.165) is 37.2 Å². The topological polar surface area (TPSA) is 70.4 Å². The molecule has 2 N–H and O–H groups in total. The minimum atomic E-state index is 0.252. The Morgan fingerprint density at radius 2 is 2.00 bits per heavy atom. The molecule has 1 saturated heterocycles. The quantitative estimate of drug-likeness (QED) is 0.336. The standard InChI is InChI=1S/C22H43N7/c1-7-9-10-13-22(4,5)17-25-21(23-15-19-12-11-14-29(19)8-2)24-16-20-27-26-18(3)28(20)6/h19H,7-17H2,1-6H3,(H2,23,24,25). The second kappa shape index (κ2) is 11.5. The summed E-state index contributed by atoms with van der Waals surface area (Å²) in [6.45, 7) is 15.9. The van der Waals surface area contributed by atoms with Crippen LogP contribution < -0.4 is 10.6 Å². The SMILES string of the molecule is CCCCCC(C)(C)CNC(=NCc1nnc(C)n1C)NCC1CCCN1CC. The average molecular weight is 406 g/mol. The third kappa shape index (κ3) is 7.61. The second-order valence-corrected chi connectivity index (χ2v) is 9.17. The van der Waals surface area contributed by atoms with Crippen LogP contribution in [0.3, 0.4) is 0 Å². The molecule has 1 aromatic rings. The van der Waals surface area contributed by atoms with Crippen molar-refractivity contribution in [3.8, 4) is 0 Å². The molecule has 0 saturated carbocycles. The van der Waals surface area contributed by atoms with E-state index in [9.17, 15) is 0 Å². The fourth-order valence-electron chi connectivity index (χ4n) is 3.93. The maximum Gasteiger partial charge on any atom is 0.191 e. The Labute approximate surface area is 177 Å². The zero-order chi connectivity index (χ0) is 21.3. The van der Waals surface area contributed by atoms with Crippen molar-refractivity contribution in [3.63, 3.8) is 0 Å². The monoisotopic (exact) mass is 405 g/mol. The van der Waals surface area contributed by atoms with Gasteiger partial charge in [-0.25, -0.2) is 4.99 Å². The Morgan fingerprint density at radius 3 is 2.66 bits per heavy atom. The minimum absolute atomic E-state index is 0.252. The molecule has 1 aliphatic rings. The van der Waals surface area contributed by atoms with Crippen LogP contribution >= 0.6 is 0 Å². The molecule has 1 fully saturated rings. The van der Waals surface area contributed by atoms with E-state index in [4.69, 9.17) is 4.99 Å². The lowest BCUT2D eigenvalue weighted by molar-refractivity contribution is 0.266. The molecule has 7 nitrogen and oxygen atoms in total. The van der Waals surface area contributed by atoms with Crippen LogP contribution in [0.15, 0.2) is 4.99 Å². The van der Waals surface area contributed by atoms with E-state index in [0.29, 0.717) is 12.6 Å². The fraction of sp³-hybridized carbons (Fsp3) is 0.864. The van der Waals surface area contributed by atoms with Gasteiger partial charge in [-0.2, -0.15) is 0 Å². The van der Waals surface area contributed by atoms with Crippen LogP contribution in [0.4, 0.5) is 0 Å². The molecule has 29 heavy (non-hydrogen) atoms. The van der Waals surface area contributed by atoms with E-state index in [-0.39, 0.29) is 5.41 Å². The number of nitrogens with zero attached hydrogens (tertiary/aromatic N) is 5. The number of guanidine groups is 1. The normalized spacial score (nSPS) is 18.4. The molecule has 0 spiro atoms. The number of unbranched alkanes of at least 4 members (excludes halogenated alkanes) is 2. The molecule has 1 aromatic heterocycles. The first kappa shape index (κ1) is 23.6. The molecule has 166 valence electrons. The zero-order valence-electron chi connectivity index (χ0n) is 19.6. The van der Waals surface area contributed by atoms with Crippen molar-refractivity contribution in [2.24, 2.45) is 17.5 Å². The van der Waals surface area contributed by atoms with Gasteiger partial charge < -0.3 is 15.2 Å². The molecule has 0 radical (unpaired) electrons. The highest BCUT2D eigenvalue weighted by atomic mass is 15.3. The molecule has 0 aromatic carbocycles. The lowest BCUT2D eigenvalue weighted by atomic mass is 9.87. The number of likely N-dealkylation sites (tertiary alicyclic amines) is 1. The van der Waals surface area contributed by atoms with Crippen LogP contribution in [0.1, 0.15) is 77.9 Å². The molecule has 2 heterocycles. The summed E-state index contributed by atoms with van der Waals surface area (Å²) < 4.78 is 2.01. The highest BCUT2D eigenvalue weighted by molar-refractivity contribution is 5.79. The van der Waals surface area contributed by atoms with Crippen molar-refractivity contribution in [3.05, 3.63) is 11.6 Å². The number of hydrogen-bond acceptors (Lipinski definition) is 4. The van der Waals surface area contributed by atoms with Gasteiger partial charge in [0, 0.05) is 26.2 Å². The predicted molar refractivity (Wildman–Crippen MR) is 121 cm³/mol. The molecule has 0 amide bonds. The Bertz CT molecular complexity index is 635. The van der Waals surface area contributed by atoms with E-state index < -0.39 is 0 Å². The molecule has 1 atom stereocenters. The highest BCUT2D eigenvalue weighted by Gasteiger charge is 2.23. The summed E-state index contributed by atoms with van der Waals surface area (Å²) in [4.78, 5) is 7.39. The maximum atomic E-state index is 4.83. The number of aryl methyl sites for hydroxylation is 1. The van der Waals surface area contributed by atoms with Crippen LogP contribution in [-0.2, 0) is 13.6 Å². The number of hydrogen-bond donors (Lipinski definition) is 2. The Balaban J connectivity index is 1.97. The summed E-state index contributed by atoms with van der Waals surface area (Å²) in [5, 5.41) is 15.6. The first-order valence-electron chi connectivity index (χ1n) is 11.5. The predicted octanol–water partition coefficient (Wildman–Crippen LogP) is 3.25. The second-order valence-electron chi connectivity index (χ2n) is 9.17. The molecular formula is C22H43N7. The first-order valence-corrected chi connectivity index (χ1v) is 11.5. The van der Waals surface area contributed by atoms with Gasteiger partial charge in [0.05, 0.1) is 0 Å². The van der Waals surface area contributed by atoms with E-state index in [2.05, 4.69) is 53.4 Å². The third-order valence-corrected chi connectivity index (χ3v) is 6.16. The molecule has 0 aliphatic carbocycles. The summed E-state index contributed by atoms with van der Waals surface area (Å²) in [7, 11) is 2.00. The van der Waals surface area contributed by atoms with Gasteiger partial charge in [0.15, 0.2) is 11.8 Å². The maximum absolute atomic E-state index is 4.83. The average Bonchev–Trinajstić information content (AvgIpc) is 3.28. The summed E-state index contributed by atoms with van der Waals surface area (Å²) in [5.74, 6) is 2.69. The lowest BCUT2D eigenvalue weighted by Gasteiger charge is -2.28. The van der Waals surface area contributed by atoms with Gasteiger partial charge in [0.1, 0.15) is 12.4 Å². The first-order chi connectivity index (χ1) is 13.9. The van der Waals surface area contributed by atoms with Crippen LogP contribution in [-0.4, -0.2) is 57.8 Å². The fourth-order valence-corrected chi connectivity index (χ4v) is 3.93. The molecule has 7 heteroatoms. The van der Waals surface area contributed by atoms with Crippen LogP contribution in [0.25, 0.3) is 0 Å². The van der Waals surface area contributed by atoms with Gasteiger partial charge >= 0.3 is 0 Å². The smallest absolute Gasteiger partial charge is 0.191 e. The summed E-state index contributed by atoms with van der Waals surface area (Å²) in [6, 6.07) is 0.599. The van der Waals surface area contributed by atoms with Crippen LogP contribution in [0.5, 0.6) is 0 Å². The van der Waals surface area contributed by atoms with Crippen molar-refractivity contribution in [1.82, 2.24) is 30.3 Å². The van der Waals surface area contributed by atoms with E-state index in [1.165, 1.54) is 45.1 Å². The Kier molecular flexibility index (Phi) is 9.40. The van der Waals surface area contributed by atoms with Crippen molar-refractivity contribution < 1.29 is 0 Å². The molecule has 2 rings (SSSR count). The third-order valence-electron chi connectivity index (χ3n) is 6.16. The van der Waals surface area contributed by atoms with Crippen molar-refractivity contribution in [1.29, 1.82) is 0 Å². The van der Waals surface area contributed by atoms with Gasteiger partial charge in [0.25, 0.3) is 0 Å². The number of rotatable bonds is 11. The number of aromatic nitrogens is 3. The number of aliphatic imine (C=N–C) groups is 1. The summed E-state index contributed by atoms with van der Waals surface area (Å²) >= 11 is 0. The number of nitrogens with one attached hydrogen (secondary N) is 2. The van der Waals surface area contributed by atoms with E-state index in [1.54, 1.807) is 0 Å². The molecule has 1 aliphatic heterocycles. The molecule has 0 bridgehead atoms. The van der Waals surface area contributed by atoms with Crippen molar-refractivity contribution >= 4 is 5.96 Å². The largest absolute Gasteiger partial charge is 0.356 e. The van der Waals surface area contributed by atoms with Gasteiger partial charge in [-0.1, -0.05) is 47.0 Å². The van der Waals surface area contributed by atoms with Crippen LogP contribution in [0, 0.1) is 12.3 Å². The lowest BCUT2D eigenvalue weighted by Crippen LogP contribution is -2.47. The molecular weight excluding hydrogens is 362 g/mol. The van der Waals surface area contributed by atoms with Gasteiger partial charge in [-0.15, -0.1) is 10.2 Å². The van der Waals surface area contributed by atoms with E-state index >= 15 is 0 Å². The summed E-state index contributed by atoms with van der Waals surface area (Å²) in [5.41, 5.74) is 0.252. The minimum Gasteiger partial charge on any atom is -0.356 e. The highest BCUT2D eigenvalue weighted by Crippen LogP contribution is 2.22. The number of likely N-dealkylation sites (N-methyl/N-ethyl adjacent to an activating group) is 1. The van der Waals surface area contributed by atoms with E-state index in [1.807, 2.05) is 18.5 Å². The Hall–Kier alpha value is -1.63. The summed E-state index contributed by atoms with van der Waals surface area (Å²) in [6.07, 6.45) is 7.65. The van der Waals surface area contributed by atoms with Gasteiger partial charge in [-0.05, 0) is 44.7 Å². The zero-order valence-corrected chi connectivity index (χ0v) is 19.6.